The molecule has 192 valence electrons. The van der Waals surface area contributed by atoms with E-state index in [1.54, 1.807) is 0 Å². The highest BCUT2D eigenvalue weighted by molar-refractivity contribution is 5.98. The second-order valence-corrected chi connectivity index (χ2v) is 10.2. The van der Waals surface area contributed by atoms with Crippen LogP contribution >= 0.6 is 0 Å². The molecule has 0 spiro atoms. The Morgan fingerprint density at radius 1 is 1.11 bits per heavy atom. The minimum absolute atomic E-state index is 0.0282. The molecular formula is C31H35FN4O. The minimum atomic E-state index is -0.201. The third kappa shape index (κ3) is 6.44. The standard InChI is InChI=1S/C31H35FN4O/c1-22-5-11-28(24-13-16-33-17-14-24)29-20-25(8-12-30(29)34-22)31(37)35-27-4-2-3-18-36(21-27)19-15-23-6-9-26(32)10-7-23/h6-14,16-17,20,22,27,34H,2-5,15,18-19,21H2,1H3,(H,35,37). The normalized spacial score (nSPS) is 20.1. The number of nitrogens with zero attached hydrogens (tertiary/aromatic N) is 2. The first-order valence-corrected chi connectivity index (χ1v) is 13.3. The van der Waals surface area contributed by atoms with Gasteiger partial charge in [-0.2, -0.15) is 0 Å². The SMILES string of the molecule is CC1CC=C(c2ccncc2)c2cc(C(=O)NC3CCCCN(CCc4ccc(F)cc4)C3)ccc2N1. The van der Waals surface area contributed by atoms with Gasteiger partial charge in [-0.05, 0) is 98.3 Å². The predicted octanol–water partition coefficient (Wildman–Crippen LogP) is 5.68. The van der Waals surface area contributed by atoms with Gasteiger partial charge in [-0.1, -0.05) is 24.6 Å². The van der Waals surface area contributed by atoms with Crippen molar-refractivity contribution in [2.24, 2.45) is 0 Å². The first-order chi connectivity index (χ1) is 18.0. The summed E-state index contributed by atoms with van der Waals surface area (Å²) in [5.41, 5.74) is 6.14. The first-order valence-electron chi connectivity index (χ1n) is 13.3. The molecule has 2 aliphatic rings. The summed E-state index contributed by atoms with van der Waals surface area (Å²) in [4.78, 5) is 20.0. The summed E-state index contributed by atoms with van der Waals surface area (Å²) in [6.07, 6.45) is 10.8. The van der Waals surface area contributed by atoms with Crippen molar-refractivity contribution in [1.29, 1.82) is 0 Å². The average Bonchev–Trinajstić information content (AvgIpc) is 3.24. The van der Waals surface area contributed by atoms with Gasteiger partial charge in [0.2, 0.25) is 0 Å². The molecule has 5 nitrogen and oxygen atoms in total. The molecule has 0 radical (unpaired) electrons. The van der Waals surface area contributed by atoms with E-state index in [0.29, 0.717) is 11.6 Å². The molecule has 5 rings (SSSR count). The Kier molecular flexibility index (Phi) is 7.95. The number of hydrogen-bond donors (Lipinski definition) is 2. The molecular weight excluding hydrogens is 463 g/mol. The second kappa shape index (κ2) is 11.7. The Bertz CT molecular complexity index is 1240. The number of likely N-dealkylation sites (tertiary alicyclic amines) is 1. The van der Waals surface area contributed by atoms with Crippen molar-refractivity contribution in [2.45, 2.75) is 51.1 Å². The highest BCUT2D eigenvalue weighted by Crippen LogP contribution is 2.34. The zero-order valence-corrected chi connectivity index (χ0v) is 21.4. The molecule has 37 heavy (non-hydrogen) atoms. The van der Waals surface area contributed by atoms with Crippen molar-refractivity contribution in [1.82, 2.24) is 15.2 Å². The maximum atomic E-state index is 13.4. The summed E-state index contributed by atoms with van der Waals surface area (Å²) >= 11 is 0. The van der Waals surface area contributed by atoms with Crippen LogP contribution in [-0.2, 0) is 6.42 Å². The molecule has 2 aliphatic heterocycles. The molecule has 1 aromatic heterocycles. The van der Waals surface area contributed by atoms with E-state index >= 15 is 0 Å². The van der Waals surface area contributed by atoms with E-state index in [2.05, 4.69) is 33.5 Å². The van der Waals surface area contributed by atoms with Crippen molar-refractivity contribution in [3.63, 3.8) is 0 Å². The average molecular weight is 499 g/mol. The Balaban J connectivity index is 1.28. The van der Waals surface area contributed by atoms with E-state index in [-0.39, 0.29) is 17.8 Å². The number of anilines is 1. The van der Waals surface area contributed by atoms with Crippen LogP contribution in [0.15, 0.2) is 73.1 Å². The van der Waals surface area contributed by atoms with Gasteiger partial charge in [0.15, 0.2) is 0 Å². The number of benzene rings is 2. The largest absolute Gasteiger partial charge is 0.382 e. The molecule has 1 amide bonds. The molecule has 1 saturated heterocycles. The molecule has 6 heteroatoms. The number of fused-ring (bicyclic) bond motifs is 1. The maximum Gasteiger partial charge on any atom is 0.251 e. The van der Waals surface area contributed by atoms with Crippen molar-refractivity contribution in [2.75, 3.05) is 25.0 Å². The van der Waals surface area contributed by atoms with Gasteiger partial charge in [0.05, 0.1) is 0 Å². The number of pyridine rings is 1. The zero-order chi connectivity index (χ0) is 25.6. The van der Waals surface area contributed by atoms with Gasteiger partial charge in [0.25, 0.3) is 5.91 Å². The van der Waals surface area contributed by atoms with Crippen molar-refractivity contribution >= 4 is 17.2 Å². The predicted molar refractivity (Wildman–Crippen MR) is 147 cm³/mol. The lowest BCUT2D eigenvalue weighted by Gasteiger charge is -2.25. The van der Waals surface area contributed by atoms with Crippen molar-refractivity contribution in [3.8, 4) is 0 Å². The highest BCUT2D eigenvalue weighted by atomic mass is 19.1. The van der Waals surface area contributed by atoms with E-state index in [9.17, 15) is 9.18 Å². The monoisotopic (exact) mass is 498 g/mol. The first kappa shape index (κ1) is 25.2. The summed E-state index contributed by atoms with van der Waals surface area (Å²) in [7, 11) is 0. The summed E-state index contributed by atoms with van der Waals surface area (Å²) in [5.74, 6) is -0.229. The van der Waals surface area contributed by atoms with Crippen LogP contribution in [0.5, 0.6) is 0 Å². The number of amides is 1. The van der Waals surface area contributed by atoms with E-state index in [1.165, 1.54) is 12.1 Å². The second-order valence-electron chi connectivity index (χ2n) is 10.2. The van der Waals surface area contributed by atoms with Crippen LogP contribution in [0.3, 0.4) is 0 Å². The molecule has 2 N–H and O–H groups in total. The summed E-state index contributed by atoms with van der Waals surface area (Å²) in [6.45, 7) is 4.93. The maximum absolute atomic E-state index is 13.4. The number of rotatable bonds is 6. The van der Waals surface area contributed by atoms with Crippen LogP contribution in [0.1, 0.15) is 59.7 Å². The molecule has 2 unspecified atom stereocenters. The Morgan fingerprint density at radius 2 is 1.92 bits per heavy atom. The van der Waals surface area contributed by atoms with Crippen LogP contribution in [0.2, 0.25) is 0 Å². The lowest BCUT2D eigenvalue weighted by Crippen LogP contribution is -2.43. The number of halogens is 1. The van der Waals surface area contributed by atoms with Gasteiger partial charge in [0, 0.05) is 54.4 Å². The number of hydrogen-bond acceptors (Lipinski definition) is 4. The van der Waals surface area contributed by atoms with Crippen LogP contribution < -0.4 is 10.6 Å². The molecule has 2 atom stereocenters. The molecule has 3 aromatic rings. The van der Waals surface area contributed by atoms with E-state index in [0.717, 1.165) is 79.7 Å². The van der Waals surface area contributed by atoms with Crippen molar-refractivity contribution < 1.29 is 9.18 Å². The van der Waals surface area contributed by atoms with E-state index in [4.69, 9.17) is 0 Å². The minimum Gasteiger partial charge on any atom is -0.382 e. The lowest BCUT2D eigenvalue weighted by molar-refractivity contribution is 0.0926. The molecule has 1 fully saturated rings. The Morgan fingerprint density at radius 3 is 2.73 bits per heavy atom. The highest BCUT2D eigenvalue weighted by Gasteiger charge is 2.22. The number of aromatic nitrogens is 1. The van der Waals surface area contributed by atoms with Gasteiger partial charge in [-0.3, -0.25) is 9.78 Å². The smallest absolute Gasteiger partial charge is 0.251 e. The van der Waals surface area contributed by atoms with E-state index < -0.39 is 0 Å². The summed E-state index contributed by atoms with van der Waals surface area (Å²) < 4.78 is 13.2. The number of carbonyl (C=O) groups excluding carboxylic acids is 1. The Hall–Kier alpha value is -3.51. The van der Waals surface area contributed by atoms with Gasteiger partial charge in [-0.25, -0.2) is 4.39 Å². The van der Waals surface area contributed by atoms with Crippen LogP contribution in [0.25, 0.3) is 5.57 Å². The zero-order valence-electron chi connectivity index (χ0n) is 21.4. The fourth-order valence-corrected chi connectivity index (χ4v) is 5.32. The topological polar surface area (TPSA) is 57.3 Å². The molecule has 0 aliphatic carbocycles. The fraction of sp³-hybridized carbons (Fsp3) is 0.355. The van der Waals surface area contributed by atoms with E-state index in [1.807, 2.05) is 54.9 Å². The van der Waals surface area contributed by atoms with Crippen LogP contribution in [-0.4, -0.2) is 47.5 Å². The third-order valence-electron chi connectivity index (χ3n) is 7.36. The molecule has 3 heterocycles. The molecule has 0 saturated carbocycles. The lowest BCUT2D eigenvalue weighted by atomic mass is 9.95. The van der Waals surface area contributed by atoms with Gasteiger partial charge in [0.1, 0.15) is 5.82 Å². The van der Waals surface area contributed by atoms with Crippen LogP contribution in [0, 0.1) is 5.82 Å². The van der Waals surface area contributed by atoms with Gasteiger partial charge >= 0.3 is 0 Å². The van der Waals surface area contributed by atoms with Crippen LogP contribution in [0.4, 0.5) is 10.1 Å². The summed E-state index contributed by atoms with van der Waals surface area (Å²) in [6, 6.07) is 17.2. The van der Waals surface area contributed by atoms with Gasteiger partial charge in [-0.15, -0.1) is 0 Å². The Labute approximate surface area is 218 Å². The molecule has 0 bridgehead atoms. The van der Waals surface area contributed by atoms with Gasteiger partial charge < -0.3 is 15.5 Å². The number of carbonyl (C=O) groups is 1. The third-order valence-corrected chi connectivity index (χ3v) is 7.36. The van der Waals surface area contributed by atoms with Crippen molar-refractivity contribution in [3.05, 3.63) is 101 Å². The quantitative estimate of drug-likeness (QED) is 0.459. The summed E-state index contributed by atoms with van der Waals surface area (Å²) in [5, 5.41) is 6.90. The number of nitrogens with one attached hydrogen (secondary N) is 2. The molecule has 2 aromatic carbocycles. The fourth-order valence-electron chi connectivity index (χ4n) is 5.32.